The molecule has 6 rings (SSSR count). The first-order valence-corrected chi connectivity index (χ1v) is 16.0. The lowest BCUT2D eigenvalue weighted by Crippen LogP contribution is -2.44. The number of carbonyl (C=O) groups excluding carboxylic acids is 1. The van der Waals surface area contributed by atoms with Crippen molar-refractivity contribution in [1.82, 2.24) is 29.8 Å². The zero-order chi connectivity index (χ0) is 33.1. The highest BCUT2D eigenvalue weighted by Gasteiger charge is 2.43. The number of fused-ring (bicyclic) bond motifs is 1. The number of carboxylic acid groups (broad SMARTS) is 1. The van der Waals surface area contributed by atoms with Crippen LogP contribution in [0.1, 0.15) is 80.7 Å². The van der Waals surface area contributed by atoms with Gasteiger partial charge < -0.3 is 24.3 Å². The number of imidazole rings is 1. The second-order valence-corrected chi connectivity index (χ2v) is 12.1. The number of aliphatic hydroxyl groups is 1. The topological polar surface area (TPSA) is 154 Å². The van der Waals surface area contributed by atoms with E-state index < -0.39 is 24.0 Å². The molecule has 2 N–H and O–H groups in total. The molecule has 0 amide bonds. The first kappa shape index (κ1) is 31.9. The van der Waals surface area contributed by atoms with Crippen molar-refractivity contribution in [2.24, 2.45) is 5.92 Å². The van der Waals surface area contributed by atoms with Crippen LogP contribution in [-0.2, 0) is 22.6 Å². The quantitative estimate of drug-likeness (QED) is 0.126. The summed E-state index contributed by atoms with van der Waals surface area (Å²) in [6, 6.07) is 21.0. The maximum atomic E-state index is 13.8. The number of aliphatic hydroxyl groups excluding tert-OH is 1. The number of esters is 1. The van der Waals surface area contributed by atoms with E-state index in [9.17, 15) is 19.8 Å². The van der Waals surface area contributed by atoms with Crippen LogP contribution in [0, 0.1) is 5.92 Å². The number of ether oxygens (including phenoxy) is 2. The van der Waals surface area contributed by atoms with E-state index in [1.807, 2.05) is 60.0 Å². The summed E-state index contributed by atoms with van der Waals surface area (Å²) in [4.78, 5) is 31.7. The Labute approximate surface area is 272 Å². The Morgan fingerprint density at radius 1 is 0.979 bits per heavy atom. The third-order valence-electron chi connectivity index (χ3n) is 8.83. The first-order valence-electron chi connectivity index (χ1n) is 16.0. The molecule has 0 radical (unpaired) electrons. The summed E-state index contributed by atoms with van der Waals surface area (Å²) in [7, 11) is 0. The van der Waals surface area contributed by atoms with Crippen molar-refractivity contribution in [3.63, 3.8) is 0 Å². The molecular formula is C35H38N6O6. The Morgan fingerprint density at radius 2 is 1.70 bits per heavy atom. The lowest BCUT2D eigenvalue weighted by atomic mass is 9.83. The standard InChI is InChI=1S/C35H38N6O6/c1-4-41-38-31(37-39-41)27-14-9-8-13-26(27)24-19-17-23(18-20-24)21-40-30-28(15-10-16-29(30)36-32(40)22(2)42)33(43)46-35(3,47-34(44)45)25-11-6-5-7-12-25/h8-10,13-20,22,25,42H,4-7,11-12,21H2,1-3H3,(H,44,45). The van der Waals surface area contributed by atoms with Gasteiger partial charge in [-0.05, 0) is 60.7 Å². The minimum absolute atomic E-state index is 0.205. The number of aryl methyl sites for hydroxylation is 1. The molecule has 2 heterocycles. The number of carbonyl (C=O) groups is 2. The minimum atomic E-state index is -1.64. The number of aromatic nitrogens is 6. The van der Waals surface area contributed by atoms with Crippen molar-refractivity contribution in [3.8, 4) is 22.5 Å². The number of benzene rings is 3. The Bertz CT molecular complexity index is 1890. The molecular weight excluding hydrogens is 600 g/mol. The number of rotatable bonds is 10. The van der Waals surface area contributed by atoms with Crippen molar-refractivity contribution in [2.75, 3.05) is 0 Å². The summed E-state index contributed by atoms with van der Waals surface area (Å²) >= 11 is 0. The summed E-state index contributed by atoms with van der Waals surface area (Å²) in [6.07, 6.45) is 1.82. The molecule has 5 aromatic rings. The van der Waals surface area contributed by atoms with Gasteiger partial charge in [-0.25, -0.2) is 14.6 Å². The Morgan fingerprint density at radius 3 is 2.36 bits per heavy atom. The first-order chi connectivity index (χ1) is 22.7. The van der Waals surface area contributed by atoms with Crippen molar-refractivity contribution >= 4 is 23.2 Å². The van der Waals surface area contributed by atoms with Gasteiger partial charge >= 0.3 is 12.1 Å². The zero-order valence-corrected chi connectivity index (χ0v) is 26.7. The van der Waals surface area contributed by atoms with Crippen molar-refractivity contribution in [3.05, 3.63) is 83.7 Å². The minimum Gasteiger partial charge on any atom is -0.450 e. The summed E-state index contributed by atoms with van der Waals surface area (Å²) in [5, 5.41) is 33.0. The van der Waals surface area contributed by atoms with Gasteiger partial charge in [0.15, 0.2) is 0 Å². The molecule has 0 saturated heterocycles. The predicted octanol–water partition coefficient (Wildman–Crippen LogP) is 6.63. The molecule has 2 unspecified atom stereocenters. The third kappa shape index (κ3) is 6.59. The number of hydrogen-bond acceptors (Lipinski definition) is 9. The Balaban J connectivity index is 1.33. The fourth-order valence-electron chi connectivity index (χ4n) is 6.46. The summed E-state index contributed by atoms with van der Waals surface area (Å²) in [6.45, 7) is 6.03. The van der Waals surface area contributed by atoms with Crippen LogP contribution in [0.4, 0.5) is 4.79 Å². The molecule has 2 aromatic heterocycles. The molecule has 0 spiro atoms. The van der Waals surface area contributed by atoms with Crippen LogP contribution in [0.15, 0.2) is 66.7 Å². The van der Waals surface area contributed by atoms with E-state index >= 15 is 0 Å². The molecule has 2 atom stereocenters. The van der Waals surface area contributed by atoms with E-state index in [4.69, 9.17) is 9.47 Å². The van der Waals surface area contributed by atoms with Crippen molar-refractivity contribution < 1.29 is 29.3 Å². The second-order valence-electron chi connectivity index (χ2n) is 12.1. The molecule has 1 aliphatic rings. The number of tetrazole rings is 1. The average molecular weight is 639 g/mol. The monoisotopic (exact) mass is 638 g/mol. The van der Waals surface area contributed by atoms with Gasteiger partial charge in [-0.2, -0.15) is 4.80 Å². The third-order valence-corrected chi connectivity index (χ3v) is 8.83. The number of para-hydroxylation sites is 1. The molecule has 1 fully saturated rings. The lowest BCUT2D eigenvalue weighted by Gasteiger charge is -2.37. The summed E-state index contributed by atoms with van der Waals surface area (Å²) in [5.41, 5.74) is 4.90. The Hall–Kier alpha value is -5.10. The summed E-state index contributed by atoms with van der Waals surface area (Å²) < 4.78 is 13.0. The van der Waals surface area contributed by atoms with Crippen LogP contribution in [0.5, 0.6) is 0 Å². The smallest absolute Gasteiger partial charge is 0.450 e. The van der Waals surface area contributed by atoms with E-state index in [0.717, 1.165) is 41.5 Å². The highest BCUT2D eigenvalue weighted by Crippen LogP contribution is 2.38. The molecule has 1 aliphatic carbocycles. The maximum absolute atomic E-state index is 13.8. The van der Waals surface area contributed by atoms with Crippen LogP contribution in [0.2, 0.25) is 0 Å². The zero-order valence-electron chi connectivity index (χ0n) is 26.7. The normalized spacial score (nSPS) is 15.7. The van der Waals surface area contributed by atoms with E-state index in [1.54, 1.807) is 29.9 Å². The largest absolute Gasteiger partial charge is 0.509 e. The fraction of sp³-hybridized carbons (Fsp3) is 0.371. The van der Waals surface area contributed by atoms with Crippen LogP contribution >= 0.6 is 0 Å². The molecule has 1 saturated carbocycles. The molecule has 244 valence electrons. The highest BCUT2D eigenvalue weighted by molar-refractivity contribution is 6.02. The van der Waals surface area contributed by atoms with Crippen molar-refractivity contribution in [1.29, 1.82) is 0 Å². The predicted molar refractivity (Wildman–Crippen MR) is 173 cm³/mol. The van der Waals surface area contributed by atoms with Crippen LogP contribution in [0.25, 0.3) is 33.5 Å². The van der Waals surface area contributed by atoms with E-state index in [-0.39, 0.29) is 11.5 Å². The van der Waals surface area contributed by atoms with E-state index in [0.29, 0.717) is 48.6 Å². The van der Waals surface area contributed by atoms with Crippen LogP contribution < -0.4 is 0 Å². The molecule has 12 nitrogen and oxygen atoms in total. The van der Waals surface area contributed by atoms with Gasteiger partial charge in [0.2, 0.25) is 5.82 Å². The molecule has 47 heavy (non-hydrogen) atoms. The maximum Gasteiger partial charge on any atom is 0.509 e. The molecule has 0 bridgehead atoms. The summed E-state index contributed by atoms with van der Waals surface area (Å²) in [5.74, 6) is -1.69. The SMILES string of the molecule is CCn1nnc(-c2ccccc2-c2ccc(Cn3c(C(C)O)nc4cccc(C(=O)OC(C)(OC(=O)O)C5CCCCC5)c43)cc2)n1. The van der Waals surface area contributed by atoms with Crippen LogP contribution in [0.3, 0.4) is 0 Å². The number of nitrogens with zero attached hydrogens (tertiary/aromatic N) is 6. The van der Waals surface area contributed by atoms with Gasteiger partial charge in [0.1, 0.15) is 11.9 Å². The fourth-order valence-corrected chi connectivity index (χ4v) is 6.46. The van der Waals surface area contributed by atoms with Gasteiger partial charge in [0.05, 0.1) is 23.1 Å². The van der Waals surface area contributed by atoms with Gasteiger partial charge in [0.25, 0.3) is 5.79 Å². The average Bonchev–Trinajstić information content (AvgIpc) is 3.70. The highest BCUT2D eigenvalue weighted by atomic mass is 16.8. The second kappa shape index (κ2) is 13.3. The van der Waals surface area contributed by atoms with Gasteiger partial charge in [0, 0.05) is 24.9 Å². The number of hydrogen-bond donors (Lipinski definition) is 2. The van der Waals surface area contributed by atoms with E-state index in [1.165, 1.54) is 6.92 Å². The van der Waals surface area contributed by atoms with Gasteiger partial charge in [-0.15, -0.1) is 10.2 Å². The van der Waals surface area contributed by atoms with Crippen LogP contribution in [-0.4, -0.2) is 57.9 Å². The lowest BCUT2D eigenvalue weighted by molar-refractivity contribution is -0.201. The molecule has 0 aliphatic heterocycles. The molecule has 12 heteroatoms. The van der Waals surface area contributed by atoms with Gasteiger partial charge in [-0.1, -0.05) is 73.9 Å². The van der Waals surface area contributed by atoms with Crippen molar-refractivity contribution in [2.45, 2.75) is 77.9 Å². The molecule has 3 aromatic carbocycles. The van der Waals surface area contributed by atoms with Gasteiger partial charge in [-0.3, -0.25) is 0 Å². The Kier molecular flexibility index (Phi) is 9.04. The van der Waals surface area contributed by atoms with E-state index in [2.05, 4.69) is 20.4 Å².